The molecule has 0 radical (unpaired) electrons. The predicted molar refractivity (Wildman–Crippen MR) is 51.5 cm³/mol. The van der Waals surface area contributed by atoms with E-state index in [0.717, 1.165) is 0 Å². The summed E-state index contributed by atoms with van der Waals surface area (Å²) >= 11 is 1.88. The van der Waals surface area contributed by atoms with Crippen LogP contribution in [0, 0.1) is 0 Å². The molecule has 1 heteroatoms. The van der Waals surface area contributed by atoms with Gasteiger partial charge in [-0.3, -0.25) is 0 Å². The predicted octanol–water partition coefficient (Wildman–Crippen LogP) is 3.06. The molecule has 56 valence electrons. The number of hydrogen-bond donors (Lipinski definition) is 0. The maximum Gasteiger partial charge on any atom is 0.0461 e. The molecule has 0 nitrogen and oxygen atoms in total. The number of allylic oxidation sites excluding steroid dienone is 4. The Morgan fingerprint density at radius 1 is 1.55 bits per heavy atom. The quantitative estimate of drug-likeness (QED) is 0.534. The second-order valence-corrected chi connectivity index (χ2v) is 4.06. The average Bonchev–Trinajstić information content (AvgIpc) is 2.43. The van der Waals surface area contributed by atoms with Gasteiger partial charge in [0.15, 0.2) is 0 Å². The molecular weight excluding hydrogens is 152 g/mol. The van der Waals surface area contributed by atoms with Crippen LogP contribution in [0.3, 0.4) is 0 Å². The third kappa shape index (κ3) is 1.10. The van der Waals surface area contributed by atoms with E-state index in [0.29, 0.717) is 5.25 Å². The Labute approximate surface area is 71.4 Å². The van der Waals surface area contributed by atoms with Crippen LogP contribution in [0.25, 0.3) is 0 Å². The molecule has 11 heavy (non-hydrogen) atoms. The monoisotopic (exact) mass is 162 g/mol. The first kappa shape index (κ1) is 6.99. The molecule has 1 aliphatic carbocycles. The highest BCUT2D eigenvalue weighted by Gasteiger charge is 2.20. The van der Waals surface area contributed by atoms with Gasteiger partial charge in [0.25, 0.3) is 0 Å². The zero-order valence-electron chi connectivity index (χ0n) is 6.50. The van der Waals surface area contributed by atoms with Crippen molar-refractivity contribution in [1.29, 1.82) is 0 Å². The molecular formula is C10H10S. The van der Waals surface area contributed by atoms with Crippen LogP contribution in [-0.2, 0) is 0 Å². The van der Waals surface area contributed by atoms with Crippen LogP contribution >= 0.6 is 11.8 Å². The van der Waals surface area contributed by atoms with E-state index in [1.54, 1.807) is 0 Å². The van der Waals surface area contributed by atoms with Crippen LogP contribution in [0.15, 0.2) is 46.9 Å². The second-order valence-electron chi connectivity index (χ2n) is 2.84. The van der Waals surface area contributed by atoms with Gasteiger partial charge in [-0.25, -0.2) is 0 Å². The maximum atomic E-state index is 3.78. The summed E-state index contributed by atoms with van der Waals surface area (Å²) in [4.78, 5) is 1.41. The van der Waals surface area contributed by atoms with Gasteiger partial charge in [-0.05, 0) is 24.1 Å². The summed E-state index contributed by atoms with van der Waals surface area (Å²) in [5.74, 6) is 0. The smallest absolute Gasteiger partial charge is 0.0461 e. The minimum atomic E-state index is 0.501. The Hall–Kier alpha value is -0.690. The molecule has 0 saturated heterocycles. The minimum absolute atomic E-state index is 0.501. The Bertz CT molecular complexity index is 292. The van der Waals surface area contributed by atoms with Crippen molar-refractivity contribution in [1.82, 2.24) is 0 Å². The first-order valence-electron chi connectivity index (χ1n) is 3.71. The summed E-state index contributed by atoms with van der Waals surface area (Å²) in [6.45, 7) is 5.91. The lowest BCUT2D eigenvalue weighted by Gasteiger charge is -1.96. The van der Waals surface area contributed by atoms with Crippen molar-refractivity contribution in [2.24, 2.45) is 0 Å². The second kappa shape index (κ2) is 2.42. The lowest BCUT2D eigenvalue weighted by atomic mass is 10.2. The van der Waals surface area contributed by atoms with E-state index < -0.39 is 0 Å². The van der Waals surface area contributed by atoms with Gasteiger partial charge >= 0.3 is 0 Å². The molecule has 1 aliphatic heterocycles. The topological polar surface area (TPSA) is 0 Å². The van der Waals surface area contributed by atoms with E-state index in [1.165, 1.54) is 16.1 Å². The van der Waals surface area contributed by atoms with E-state index in [-0.39, 0.29) is 0 Å². The first-order valence-corrected chi connectivity index (χ1v) is 4.59. The highest BCUT2D eigenvalue weighted by molar-refractivity contribution is 8.04. The fourth-order valence-corrected chi connectivity index (χ4v) is 2.48. The van der Waals surface area contributed by atoms with Crippen molar-refractivity contribution in [3.63, 3.8) is 0 Å². The van der Waals surface area contributed by atoms with Crippen LogP contribution in [0.4, 0.5) is 0 Å². The first-order chi connectivity index (χ1) is 5.29. The van der Waals surface area contributed by atoms with Gasteiger partial charge in [-0.1, -0.05) is 18.2 Å². The zero-order chi connectivity index (χ0) is 7.84. The van der Waals surface area contributed by atoms with Gasteiger partial charge in [-0.2, -0.15) is 0 Å². The molecule has 0 aromatic carbocycles. The summed E-state index contributed by atoms with van der Waals surface area (Å²) < 4.78 is 0. The van der Waals surface area contributed by atoms with Gasteiger partial charge < -0.3 is 0 Å². The number of hydrogen-bond acceptors (Lipinski definition) is 1. The lowest BCUT2D eigenvalue weighted by Crippen LogP contribution is -1.83. The average molecular weight is 162 g/mol. The van der Waals surface area contributed by atoms with E-state index in [9.17, 15) is 0 Å². The molecule has 1 unspecified atom stereocenters. The van der Waals surface area contributed by atoms with Crippen molar-refractivity contribution < 1.29 is 0 Å². The van der Waals surface area contributed by atoms with Gasteiger partial charge in [0.2, 0.25) is 0 Å². The summed E-state index contributed by atoms with van der Waals surface area (Å²) in [5, 5.41) is 0.501. The molecule has 2 rings (SSSR count). The molecule has 0 spiro atoms. The zero-order valence-corrected chi connectivity index (χ0v) is 7.32. The molecule has 0 amide bonds. The SMILES string of the molecule is C=CC1C=C2C=C(C)C=C2S1. The molecule has 2 aliphatic rings. The standard InChI is InChI=1S/C10H10S/c1-3-9-6-8-4-7(2)5-10(8)11-9/h3-6,9H,1H2,2H3. The van der Waals surface area contributed by atoms with Crippen LogP contribution in [0.5, 0.6) is 0 Å². The van der Waals surface area contributed by atoms with Gasteiger partial charge in [0.1, 0.15) is 0 Å². The Kier molecular flexibility index (Phi) is 1.53. The summed E-state index contributed by atoms with van der Waals surface area (Å²) in [7, 11) is 0. The Morgan fingerprint density at radius 3 is 3.00 bits per heavy atom. The molecule has 0 saturated carbocycles. The summed E-state index contributed by atoms with van der Waals surface area (Å²) in [6, 6.07) is 0. The number of thioether (sulfide) groups is 1. The molecule has 0 fully saturated rings. The van der Waals surface area contributed by atoms with Crippen molar-refractivity contribution >= 4 is 11.8 Å². The van der Waals surface area contributed by atoms with Crippen LogP contribution < -0.4 is 0 Å². The van der Waals surface area contributed by atoms with Crippen LogP contribution in [0.2, 0.25) is 0 Å². The maximum absolute atomic E-state index is 3.78. The van der Waals surface area contributed by atoms with Crippen LogP contribution in [0.1, 0.15) is 6.92 Å². The minimum Gasteiger partial charge on any atom is -0.114 e. The highest BCUT2D eigenvalue weighted by Crippen LogP contribution is 2.42. The van der Waals surface area contributed by atoms with E-state index in [4.69, 9.17) is 0 Å². The summed E-state index contributed by atoms with van der Waals surface area (Å²) in [5.41, 5.74) is 2.75. The van der Waals surface area contributed by atoms with Crippen molar-refractivity contribution in [2.75, 3.05) is 0 Å². The number of fused-ring (bicyclic) bond motifs is 1. The normalized spacial score (nSPS) is 27.4. The van der Waals surface area contributed by atoms with Crippen LogP contribution in [-0.4, -0.2) is 5.25 Å². The fourth-order valence-electron chi connectivity index (χ4n) is 1.35. The molecule has 1 heterocycles. The molecule has 1 atom stereocenters. The fraction of sp³-hybridized carbons (Fsp3) is 0.200. The van der Waals surface area contributed by atoms with Gasteiger partial charge in [0.05, 0.1) is 0 Å². The Balaban J connectivity index is 2.33. The number of rotatable bonds is 1. The Morgan fingerprint density at radius 2 is 2.36 bits per heavy atom. The summed E-state index contributed by atoms with van der Waals surface area (Å²) in [6.07, 6.45) is 8.71. The van der Waals surface area contributed by atoms with Gasteiger partial charge in [0, 0.05) is 10.2 Å². The van der Waals surface area contributed by atoms with E-state index in [1.807, 2.05) is 17.8 Å². The largest absolute Gasteiger partial charge is 0.114 e. The molecule has 0 N–H and O–H groups in total. The highest BCUT2D eigenvalue weighted by atomic mass is 32.2. The third-order valence-electron chi connectivity index (χ3n) is 1.87. The van der Waals surface area contributed by atoms with E-state index in [2.05, 4.69) is 31.7 Å². The molecule has 0 aromatic rings. The lowest BCUT2D eigenvalue weighted by molar-refractivity contribution is 1.43. The van der Waals surface area contributed by atoms with Crippen molar-refractivity contribution in [3.05, 3.63) is 46.9 Å². The molecule has 0 bridgehead atoms. The molecule has 0 aromatic heterocycles. The van der Waals surface area contributed by atoms with Crippen molar-refractivity contribution in [2.45, 2.75) is 12.2 Å². The van der Waals surface area contributed by atoms with Crippen molar-refractivity contribution in [3.8, 4) is 0 Å². The van der Waals surface area contributed by atoms with E-state index >= 15 is 0 Å². The van der Waals surface area contributed by atoms with Gasteiger partial charge in [-0.15, -0.1) is 18.3 Å². The third-order valence-corrected chi connectivity index (χ3v) is 3.07.